The molecule has 2 aliphatic rings. The van der Waals surface area contributed by atoms with Crippen LogP contribution in [0.1, 0.15) is 31.2 Å². The molecule has 0 bridgehead atoms. The molecule has 0 spiro atoms. The number of hydrogen-bond acceptors (Lipinski definition) is 4. The molecule has 0 unspecified atom stereocenters. The maximum Gasteiger partial charge on any atom is 0.170 e. The molecular formula is C13H16ClNO3. The minimum Gasteiger partial charge on any atom is -0.506 e. The van der Waals surface area contributed by atoms with Crippen LogP contribution in [0.15, 0.2) is 6.07 Å². The summed E-state index contributed by atoms with van der Waals surface area (Å²) in [4.78, 5) is 0. The lowest BCUT2D eigenvalue weighted by molar-refractivity contribution is 0.228. The predicted molar refractivity (Wildman–Crippen MR) is 68.4 cm³/mol. The van der Waals surface area contributed by atoms with Crippen LogP contribution in [0.3, 0.4) is 0 Å². The van der Waals surface area contributed by atoms with Gasteiger partial charge in [0.25, 0.3) is 0 Å². The molecule has 98 valence electrons. The Morgan fingerprint density at radius 1 is 1.22 bits per heavy atom. The average Bonchev–Trinajstić information content (AvgIpc) is 2.53. The van der Waals surface area contributed by atoms with Crippen LogP contribution in [-0.2, 0) is 5.54 Å². The molecule has 0 radical (unpaired) electrons. The maximum atomic E-state index is 10.2. The summed E-state index contributed by atoms with van der Waals surface area (Å²) in [5, 5.41) is 10.5. The van der Waals surface area contributed by atoms with Gasteiger partial charge in [-0.3, -0.25) is 0 Å². The summed E-state index contributed by atoms with van der Waals surface area (Å²) in [7, 11) is 0. The Morgan fingerprint density at radius 2 is 1.94 bits per heavy atom. The van der Waals surface area contributed by atoms with Crippen molar-refractivity contribution in [2.75, 3.05) is 13.2 Å². The lowest BCUT2D eigenvalue weighted by atomic mass is 9.72. The summed E-state index contributed by atoms with van der Waals surface area (Å²) in [6.07, 6.45) is 3.52. The number of hydrogen-bond donors (Lipinski definition) is 2. The molecule has 0 amide bonds. The van der Waals surface area contributed by atoms with Gasteiger partial charge in [0, 0.05) is 18.0 Å². The minimum atomic E-state index is -0.535. The van der Waals surface area contributed by atoms with E-state index in [1.165, 1.54) is 0 Å². The fraction of sp³-hybridized carbons (Fsp3) is 0.538. The van der Waals surface area contributed by atoms with Crippen LogP contribution >= 0.6 is 11.6 Å². The van der Waals surface area contributed by atoms with Crippen LogP contribution in [0.4, 0.5) is 0 Å². The molecule has 0 atom stereocenters. The van der Waals surface area contributed by atoms with Crippen LogP contribution < -0.4 is 15.2 Å². The highest BCUT2D eigenvalue weighted by Gasteiger charge is 2.41. The fourth-order valence-electron chi connectivity index (χ4n) is 2.53. The Balaban J connectivity index is 2.18. The van der Waals surface area contributed by atoms with Crippen LogP contribution in [0.25, 0.3) is 0 Å². The van der Waals surface area contributed by atoms with Crippen molar-refractivity contribution in [3.63, 3.8) is 0 Å². The maximum absolute atomic E-state index is 10.2. The molecule has 1 aromatic rings. The van der Waals surface area contributed by atoms with Crippen LogP contribution in [0, 0.1) is 0 Å². The largest absolute Gasteiger partial charge is 0.506 e. The van der Waals surface area contributed by atoms with E-state index in [2.05, 4.69) is 0 Å². The third kappa shape index (κ3) is 1.71. The van der Waals surface area contributed by atoms with Crippen molar-refractivity contribution < 1.29 is 14.6 Å². The van der Waals surface area contributed by atoms with E-state index in [0.29, 0.717) is 30.3 Å². The Morgan fingerprint density at radius 3 is 2.61 bits per heavy atom. The number of rotatable bonds is 1. The molecule has 4 nitrogen and oxygen atoms in total. The lowest BCUT2D eigenvalue weighted by Crippen LogP contribution is -2.43. The van der Waals surface area contributed by atoms with E-state index in [1.54, 1.807) is 6.07 Å². The van der Waals surface area contributed by atoms with Crippen molar-refractivity contribution in [3.05, 3.63) is 16.7 Å². The molecule has 3 N–H and O–H groups in total. The van der Waals surface area contributed by atoms with Gasteiger partial charge < -0.3 is 20.3 Å². The Bertz CT molecular complexity index is 486. The van der Waals surface area contributed by atoms with E-state index < -0.39 is 5.54 Å². The summed E-state index contributed by atoms with van der Waals surface area (Å²) < 4.78 is 11.3. The highest BCUT2D eigenvalue weighted by Crippen LogP contribution is 2.52. The highest BCUT2D eigenvalue weighted by molar-refractivity contribution is 6.32. The molecule has 3 rings (SSSR count). The molecule has 1 aliphatic heterocycles. The number of fused-ring (bicyclic) bond motifs is 1. The molecular weight excluding hydrogens is 254 g/mol. The zero-order chi connectivity index (χ0) is 12.8. The third-order valence-corrected chi connectivity index (χ3v) is 4.00. The first-order valence-electron chi connectivity index (χ1n) is 6.22. The highest BCUT2D eigenvalue weighted by atomic mass is 35.5. The first-order chi connectivity index (χ1) is 8.62. The van der Waals surface area contributed by atoms with E-state index in [4.69, 9.17) is 26.8 Å². The van der Waals surface area contributed by atoms with Crippen molar-refractivity contribution in [1.29, 1.82) is 0 Å². The average molecular weight is 270 g/mol. The summed E-state index contributed by atoms with van der Waals surface area (Å²) in [6, 6.07) is 1.60. The van der Waals surface area contributed by atoms with Crippen LogP contribution in [0.5, 0.6) is 17.2 Å². The van der Waals surface area contributed by atoms with E-state index in [9.17, 15) is 5.11 Å². The SMILES string of the molecule is NC1(c2c(O)c(Cl)cc3c2OCCCO3)CCC1. The summed E-state index contributed by atoms with van der Waals surface area (Å²) in [6.45, 7) is 1.16. The number of phenols is 1. The van der Waals surface area contributed by atoms with E-state index in [0.717, 1.165) is 25.7 Å². The van der Waals surface area contributed by atoms with Crippen molar-refractivity contribution in [2.24, 2.45) is 5.73 Å². The van der Waals surface area contributed by atoms with Crippen molar-refractivity contribution >= 4 is 11.6 Å². The van der Waals surface area contributed by atoms with Gasteiger partial charge in [0.1, 0.15) is 5.75 Å². The van der Waals surface area contributed by atoms with Gasteiger partial charge in [0.05, 0.1) is 23.8 Å². The topological polar surface area (TPSA) is 64.7 Å². The first-order valence-corrected chi connectivity index (χ1v) is 6.60. The molecule has 1 heterocycles. The second-order valence-corrected chi connectivity index (χ2v) is 5.38. The number of phenolic OH excluding ortho intramolecular Hbond substituents is 1. The van der Waals surface area contributed by atoms with Gasteiger partial charge in [-0.1, -0.05) is 11.6 Å². The van der Waals surface area contributed by atoms with Crippen molar-refractivity contribution in [2.45, 2.75) is 31.2 Å². The third-order valence-electron chi connectivity index (χ3n) is 3.71. The smallest absolute Gasteiger partial charge is 0.170 e. The quantitative estimate of drug-likeness (QED) is 0.822. The fourth-order valence-corrected chi connectivity index (χ4v) is 2.73. The first kappa shape index (κ1) is 11.9. The van der Waals surface area contributed by atoms with Crippen LogP contribution in [0.2, 0.25) is 5.02 Å². The van der Waals surface area contributed by atoms with Gasteiger partial charge >= 0.3 is 0 Å². The van der Waals surface area contributed by atoms with Gasteiger partial charge in [-0.05, 0) is 19.3 Å². The van der Waals surface area contributed by atoms with Gasteiger partial charge in [-0.2, -0.15) is 0 Å². The number of halogens is 1. The molecule has 1 saturated carbocycles. The zero-order valence-electron chi connectivity index (χ0n) is 10.0. The predicted octanol–water partition coefficient (Wildman–Crippen LogP) is 2.54. The second-order valence-electron chi connectivity index (χ2n) is 4.97. The van der Waals surface area contributed by atoms with E-state index in [1.807, 2.05) is 0 Å². The van der Waals surface area contributed by atoms with Gasteiger partial charge in [-0.25, -0.2) is 0 Å². The molecule has 18 heavy (non-hydrogen) atoms. The number of nitrogens with two attached hydrogens (primary N) is 1. The molecule has 0 saturated heterocycles. The molecule has 1 aromatic carbocycles. The summed E-state index contributed by atoms with van der Waals surface area (Å²) >= 11 is 6.05. The van der Waals surface area contributed by atoms with Crippen molar-refractivity contribution in [3.8, 4) is 17.2 Å². The Hall–Kier alpha value is -1.13. The van der Waals surface area contributed by atoms with Crippen molar-refractivity contribution in [1.82, 2.24) is 0 Å². The number of aromatic hydroxyl groups is 1. The number of ether oxygens (including phenoxy) is 2. The number of benzene rings is 1. The monoisotopic (exact) mass is 269 g/mol. The van der Waals surface area contributed by atoms with Gasteiger partial charge in [0.15, 0.2) is 11.5 Å². The lowest BCUT2D eigenvalue weighted by Gasteiger charge is -2.40. The Kier molecular flexibility index (Phi) is 2.79. The standard InChI is InChI=1S/C13H16ClNO3/c14-8-7-9-12(18-6-2-5-17-9)10(11(8)16)13(15)3-1-4-13/h7,16H,1-6,15H2. The Labute approximate surface area is 111 Å². The second kappa shape index (κ2) is 4.21. The molecule has 5 heteroatoms. The minimum absolute atomic E-state index is 0.0307. The summed E-state index contributed by atoms with van der Waals surface area (Å²) in [5.74, 6) is 1.18. The van der Waals surface area contributed by atoms with E-state index >= 15 is 0 Å². The van der Waals surface area contributed by atoms with Gasteiger partial charge in [0.2, 0.25) is 0 Å². The molecule has 0 aromatic heterocycles. The molecule has 1 fully saturated rings. The molecule has 1 aliphatic carbocycles. The van der Waals surface area contributed by atoms with Crippen LogP contribution in [-0.4, -0.2) is 18.3 Å². The normalized spacial score (nSPS) is 21.0. The summed E-state index contributed by atoms with van der Waals surface area (Å²) in [5.41, 5.74) is 6.39. The zero-order valence-corrected chi connectivity index (χ0v) is 10.8. The van der Waals surface area contributed by atoms with Gasteiger partial charge in [-0.15, -0.1) is 0 Å². The van der Waals surface area contributed by atoms with E-state index in [-0.39, 0.29) is 10.8 Å².